The monoisotopic (exact) mass is 555 g/mol. The third kappa shape index (κ3) is 5.23. The number of nitrogens with one attached hydrogen (secondary N) is 2. The van der Waals surface area contributed by atoms with Gasteiger partial charge in [0.2, 0.25) is 10.0 Å². The molecule has 204 valence electrons. The molecular weight excluding hydrogens is 526 g/mol. The molecule has 0 saturated heterocycles. The lowest BCUT2D eigenvalue weighted by Gasteiger charge is -2.31. The number of hydrogen-bond acceptors (Lipinski definition) is 6. The number of ketones is 1. The zero-order valence-electron chi connectivity index (χ0n) is 23.1. The first-order valence-electron chi connectivity index (χ1n) is 12.7. The van der Waals surface area contributed by atoms with Gasteiger partial charge in [0.05, 0.1) is 11.8 Å². The molecule has 0 bridgehead atoms. The maximum atomic E-state index is 13.6. The molecule has 2 aromatic heterocycles. The van der Waals surface area contributed by atoms with Crippen LogP contribution in [0.5, 0.6) is 0 Å². The maximum absolute atomic E-state index is 13.6. The quantitative estimate of drug-likeness (QED) is 0.344. The zero-order valence-corrected chi connectivity index (χ0v) is 23.9. The summed E-state index contributed by atoms with van der Waals surface area (Å²) in [6, 6.07) is 13.6. The Hall–Kier alpha value is -4.42. The summed E-state index contributed by atoms with van der Waals surface area (Å²) < 4.78 is 32.3. The third-order valence-electron chi connectivity index (χ3n) is 6.57. The number of fused-ring (bicyclic) bond motifs is 4. The van der Waals surface area contributed by atoms with Crippen molar-refractivity contribution in [2.75, 3.05) is 11.0 Å². The predicted molar refractivity (Wildman–Crippen MR) is 154 cm³/mol. The summed E-state index contributed by atoms with van der Waals surface area (Å²) in [7, 11) is -3.48. The van der Waals surface area contributed by atoms with Gasteiger partial charge in [0.25, 0.3) is 5.91 Å². The van der Waals surface area contributed by atoms with Gasteiger partial charge < -0.3 is 9.73 Å². The fourth-order valence-corrected chi connectivity index (χ4v) is 5.38. The number of anilines is 1. The fraction of sp³-hybridized carbons (Fsp3) is 0.258. The standard InChI is InChI=1S/C31H29N3O5S/c1-30(2,3)33-29(36)19-13-14-32-20(16-19)9-7-18-8-11-23-25(15-18)39-28-26(23)27(35)22-12-10-21(34-40(6,37)38)17-24(22)31(28,4)5/h8,10-17,34H,1-6H3,(H,33,36). The highest BCUT2D eigenvalue weighted by Gasteiger charge is 2.41. The SMILES string of the molecule is CC(C)(C)NC(=O)c1ccnc(C#Cc2ccc3c4c(oc3c2)C(C)(C)c2cc(NS(C)(=O)=O)ccc2C4=O)c1. The van der Waals surface area contributed by atoms with E-state index < -0.39 is 15.4 Å². The molecule has 0 atom stereocenters. The van der Waals surface area contributed by atoms with E-state index in [0.29, 0.717) is 55.9 Å². The first-order chi connectivity index (χ1) is 18.6. The summed E-state index contributed by atoms with van der Waals surface area (Å²) in [4.78, 5) is 30.3. The van der Waals surface area contributed by atoms with E-state index in [1.54, 1.807) is 42.6 Å². The van der Waals surface area contributed by atoms with Crippen LogP contribution in [0.25, 0.3) is 11.0 Å². The molecule has 1 aliphatic rings. The van der Waals surface area contributed by atoms with Crippen LogP contribution in [0.3, 0.4) is 0 Å². The summed E-state index contributed by atoms with van der Waals surface area (Å²) in [6.45, 7) is 9.63. The molecule has 5 rings (SSSR count). The average molecular weight is 556 g/mol. The van der Waals surface area contributed by atoms with Gasteiger partial charge in [0, 0.05) is 44.9 Å². The number of hydrogen-bond donors (Lipinski definition) is 2. The highest BCUT2D eigenvalue weighted by Crippen LogP contribution is 2.46. The number of pyridine rings is 1. The number of nitrogens with zero attached hydrogens (tertiary/aromatic N) is 1. The summed E-state index contributed by atoms with van der Waals surface area (Å²) in [5.74, 6) is 6.21. The topological polar surface area (TPSA) is 118 Å². The summed E-state index contributed by atoms with van der Waals surface area (Å²) in [5.41, 5.74) is 3.10. The van der Waals surface area contributed by atoms with Crippen LogP contribution in [0.2, 0.25) is 0 Å². The Morgan fingerprint density at radius 2 is 1.77 bits per heavy atom. The number of amides is 1. The van der Waals surface area contributed by atoms with Gasteiger partial charge in [-0.1, -0.05) is 5.92 Å². The van der Waals surface area contributed by atoms with Gasteiger partial charge in [-0.25, -0.2) is 13.4 Å². The lowest BCUT2D eigenvalue weighted by Crippen LogP contribution is -2.40. The molecule has 4 aromatic rings. The molecular formula is C31H29N3O5S. The molecule has 1 amide bonds. The van der Waals surface area contributed by atoms with E-state index in [9.17, 15) is 18.0 Å². The van der Waals surface area contributed by atoms with Crippen molar-refractivity contribution in [1.29, 1.82) is 0 Å². The van der Waals surface area contributed by atoms with E-state index in [4.69, 9.17) is 4.42 Å². The van der Waals surface area contributed by atoms with Crippen molar-refractivity contribution < 1.29 is 22.4 Å². The number of rotatable bonds is 3. The molecule has 2 N–H and O–H groups in total. The zero-order chi connectivity index (χ0) is 29.0. The molecule has 0 aliphatic heterocycles. The summed E-state index contributed by atoms with van der Waals surface area (Å²) in [6.07, 6.45) is 2.63. The number of carbonyl (C=O) groups is 2. The molecule has 40 heavy (non-hydrogen) atoms. The minimum atomic E-state index is -3.48. The summed E-state index contributed by atoms with van der Waals surface area (Å²) >= 11 is 0. The van der Waals surface area contributed by atoms with E-state index in [2.05, 4.69) is 26.9 Å². The van der Waals surface area contributed by atoms with Gasteiger partial charge in [-0.2, -0.15) is 0 Å². The van der Waals surface area contributed by atoms with Crippen LogP contribution in [0.4, 0.5) is 5.69 Å². The average Bonchev–Trinajstić information content (AvgIpc) is 3.25. The second kappa shape index (κ2) is 9.35. The second-order valence-electron chi connectivity index (χ2n) is 11.5. The highest BCUT2D eigenvalue weighted by atomic mass is 32.2. The van der Waals surface area contributed by atoms with Crippen LogP contribution in [0.15, 0.2) is 59.1 Å². The Labute approximate surface area is 233 Å². The van der Waals surface area contributed by atoms with Crippen LogP contribution in [-0.4, -0.2) is 36.9 Å². The van der Waals surface area contributed by atoms with Gasteiger partial charge in [0.15, 0.2) is 5.78 Å². The van der Waals surface area contributed by atoms with Crippen molar-refractivity contribution in [1.82, 2.24) is 10.3 Å². The first kappa shape index (κ1) is 27.2. The van der Waals surface area contributed by atoms with Crippen molar-refractivity contribution in [2.24, 2.45) is 0 Å². The third-order valence-corrected chi connectivity index (χ3v) is 7.18. The van der Waals surface area contributed by atoms with E-state index >= 15 is 0 Å². The van der Waals surface area contributed by atoms with Crippen molar-refractivity contribution in [2.45, 2.75) is 45.6 Å². The molecule has 0 saturated carbocycles. The molecule has 1 aliphatic carbocycles. The highest BCUT2D eigenvalue weighted by molar-refractivity contribution is 7.92. The Kier molecular flexibility index (Phi) is 6.35. The number of sulfonamides is 1. The Bertz CT molecular complexity index is 1880. The van der Waals surface area contributed by atoms with E-state index in [1.165, 1.54) is 0 Å². The molecule has 0 fully saturated rings. The first-order valence-corrected chi connectivity index (χ1v) is 14.6. The van der Waals surface area contributed by atoms with Gasteiger partial charge in [-0.15, -0.1) is 0 Å². The molecule has 2 aromatic carbocycles. The Morgan fingerprint density at radius 3 is 2.48 bits per heavy atom. The van der Waals surface area contributed by atoms with Crippen LogP contribution in [0, 0.1) is 11.8 Å². The normalized spacial score (nSPS) is 14.1. The molecule has 8 nitrogen and oxygen atoms in total. The number of aromatic nitrogens is 1. The molecule has 0 unspecified atom stereocenters. The largest absolute Gasteiger partial charge is 0.459 e. The van der Waals surface area contributed by atoms with E-state index in [1.807, 2.05) is 46.8 Å². The molecule has 9 heteroatoms. The minimum absolute atomic E-state index is 0.178. The smallest absolute Gasteiger partial charge is 0.251 e. The number of carbonyl (C=O) groups excluding carboxylic acids is 2. The fourth-order valence-electron chi connectivity index (χ4n) is 4.82. The Morgan fingerprint density at radius 1 is 1.02 bits per heavy atom. The van der Waals surface area contributed by atoms with Crippen molar-refractivity contribution in [3.63, 3.8) is 0 Å². The molecule has 0 radical (unpaired) electrons. The van der Waals surface area contributed by atoms with Gasteiger partial charge >= 0.3 is 0 Å². The number of benzene rings is 2. The summed E-state index contributed by atoms with van der Waals surface area (Å²) in [5, 5.41) is 3.61. The van der Waals surface area contributed by atoms with Crippen LogP contribution in [0.1, 0.15) is 83.5 Å². The van der Waals surface area contributed by atoms with E-state index in [-0.39, 0.29) is 17.2 Å². The van der Waals surface area contributed by atoms with Gasteiger partial charge in [0.1, 0.15) is 17.0 Å². The minimum Gasteiger partial charge on any atom is -0.459 e. The molecule has 2 heterocycles. The Balaban J connectivity index is 1.50. The lowest BCUT2D eigenvalue weighted by atomic mass is 9.71. The predicted octanol–water partition coefficient (Wildman–Crippen LogP) is 5.00. The maximum Gasteiger partial charge on any atom is 0.251 e. The van der Waals surface area contributed by atoms with Crippen LogP contribution < -0.4 is 10.0 Å². The van der Waals surface area contributed by atoms with Crippen molar-refractivity contribution in [3.8, 4) is 11.8 Å². The van der Waals surface area contributed by atoms with Gasteiger partial charge in [-0.05, 0) is 94.6 Å². The van der Waals surface area contributed by atoms with E-state index in [0.717, 1.165) is 6.26 Å². The second-order valence-corrected chi connectivity index (χ2v) is 13.2. The van der Waals surface area contributed by atoms with Crippen molar-refractivity contribution in [3.05, 3.63) is 94.0 Å². The van der Waals surface area contributed by atoms with Crippen molar-refractivity contribution >= 4 is 38.4 Å². The molecule has 0 spiro atoms. The lowest BCUT2D eigenvalue weighted by molar-refractivity contribution is 0.0918. The van der Waals surface area contributed by atoms with Crippen LogP contribution in [-0.2, 0) is 15.4 Å². The number of furan rings is 1. The van der Waals surface area contributed by atoms with Crippen LogP contribution >= 0.6 is 0 Å². The van der Waals surface area contributed by atoms with Gasteiger partial charge in [-0.3, -0.25) is 14.3 Å².